The Morgan fingerprint density at radius 3 is 2.82 bits per heavy atom. The van der Waals surface area contributed by atoms with Gasteiger partial charge in [0.25, 0.3) is 0 Å². The lowest BCUT2D eigenvalue weighted by molar-refractivity contribution is 0.479. The predicted octanol–water partition coefficient (Wildman–Crippen LogP) is 2.50. The summed E-state index contributed by atoms with van der Waals surface area (Å²) in [6.07, 6.45) is 1.72. The second-order valence-corrected chi connectivity index (χ2v) is 7.12. The number of ether oxygens (including phenoxy) is 1. The van der Waals surface area contributed by atoms with Crippen LogP contribution in [0.15, 0.2) is 47.4 Å². The Bertz CT molecular complexity index is 805. The van der Waals surface area contributed by atoms with Crippen molar-refractivity contribution in [2.45, 2.75) is 23.9 Å². The van der Waals surface area contributed by atoms with Crippen LogP contribution in [0.3, 0.4) is 0 Å². The fourth-order valence-electron chi connectivity index (χ4n) is 3.01. The number of anilines is 1. The van der Waals surface area contributed by atoms with Crippen LogP contribution >= 0.6 is 0 Å². The van der Waals surface area contributed by atoms with Crippen molar-refractivity contribution >= 4 is 15.7 Å². The molecule has 1 radical (unpaired) electrons. The molecule has 1 fully saturated rings. The summed E-state index contributed by atoms with van der Waals surface area (Å²) in [4.78, 5) is 2.39. The number of nitrogens with one attached hydrogen (secondary N) is 1. The zero-order valence-corrected chi connectivity index (χ0v) is 12.6. The van der Waals surface area contributed by atoms with Gasteiger partial charge < -0.3 is 9.64 Å². The largest absolute Gasteiger partial charge is 0.457 e. The van der Waals surface area contributed by atoms with E-state index in [2.05, 4.69) is 15.7 Å². The summed E-state index contributed by atoms with van der Waals surface area (Å²) in [5.41, 5.74) is 0.759. The Balaban J connectivity index is 1.74. The molecule has 2 aliphatic heterocycles. The molecule has 2 heterocycles. The van der Waals surface area contributed by atoms with Crippen molar-refractivity contribution in [1.29, 1.82) is 0 Å². The first-order valence-electron chi connectivity index (χ1n) is 7.20. The van der Waals surface area contributed by atoms with E-state index in [0.29, 0.717) is 11.5 Å². The van der Waals surface area contributed by atoms with Crippen LogP contribution in [-0.2, 0) is 10.0 Å². The first kappa shape index (κ1) is 13.6. The first-order valence-corrected chi connectivity index (χ1v) is 8.69. The zero-order valence-electron chi connectivity index (χ0n) is 11.8. The molecule has 4 rings (SSSR count). The standard InChI is InChI=1S/C16H15N2O3S/c19-22(20)15-11-13(21-12-5-2-1-3-6-12)8-9-14(15)18-10-4-7-16(18)17-22/h2-3,5-6,8-9,11,16-17H,4,7,10H2. The van der Waals surface area contributed by atoms with Gasteiger partial charge >= 0.3 is 0 Å². The summed E-state index contributed by atoms with van der Waals surface area (Å²) in [5, 5.41) is 0. The minimum absolute atomic E-state index is 0.117. The van der Waals surface area contributed by atoms with Crippen LogP contribution in [0.4, 0.5) is 5.69 Å². The smallest absolute Gasteiger partial charge is 0.244 e. The van der Waals surface area contributed by atoms with Crippen LogP contribution < -0.4 is 14.4 Å². The zero-order chi connectivity index (χ0) is 15.2. The minimum atomic E-state index is -3.49. The molecule has 113 valence electrons. The third kappa shape index (κ3) is 2.24. The quantitative estimate of drug-likeness (QED) is 0.925. The van der Waals surface area contributed by atoms with Crippen LogP contribution in [0.5, 0.6) is 11.5 Å². The van der Waals surface area contributed by atoms with Gasteiger partial charge in [-0.25, -0.2) is 8.42 Å². The van der Waals surface area contributed by atoms with Gasteiger partial charge in [0.2, 0.25) is 10.0 Å². The average Bonchev–Trinajstić information content (AvgIpc) is 2.96. The van der Waals surface area contributed by atoms with Gasteiger partial charge in [-0.3, -0.25) is 0 Å². The summed E-state index contributed by atoms with van der Waals surface area (Å²) in [6, 6.07) is 15.2. The molecule has 1 saturated heterocycles. The van der Waals surface area contributed by atoms with Crippen molar-refractivity contribution < 1.29 is 13.2 Å². The fraction of sp³-hybridized carbons (Fsp3) is 0.250. The van der Waals surface area contributed by atoms with Gasteiger partial charge in [-0.2, -0.15) is 4.72 Å². The molecule has 22 heavy (non-hydrogen) atoms. The SMILES string of the molecule is O=S1(=O)NC2CCCN2c2ccc(Oc3cc[c]cc3)cc21. The van der Waals surface area contributed by atoms with Crippen LogP contribution in [-0.4, -0.2) is 21.1 Å². The number of fused-ring (bicyclic) bond motifs is 3. The number of sulfonamides is 1. The Kier molecular flexibility index (Phi) is 3.09. The Labute approximate surface area is 129 Å². The first-order chi connectivity index (χ1) is 10.6. The van der Waals surface area contributed by atoms with Crippen molar-refractivity contribution in [3.8, 4) is 11.5 Å². The summed E-state index contributed by atoms with van der Waals surface area (Å²) in [7, 11) is -3.49. The van der Waals surface area contributed by atoms with Gasteiger partial charge in [0.1, 0.15) is 16.4 Å². The molecular weight excluding hydrogens is 300 g/mol. The van der Waals surface area contributed by atoms with E-state index < -0.39 is 10.0 Å². The summed E-state index contributed by atoms with van der Waals surface area (Å²) in [6.45, 7) is 0.870. The molecule has 0 aromatic heterocycles. The Hall–Kier alpha value is -2.05. The maximum absolute atomic E-state index is 12.4. The highest BCUT2D eigenvalue weighted by Crippen LogP contribution is 2.38. The van der Waals surface area contributed by atoms with E-state index >= 15 is 0 Å². The molecule has 0 aliphatic carbocycles. The second kappa shape index (κ2) is 5.00. The molecule has 6 heteroatoms. The van der Waals surface area contributed by atoms with Gasteiger partial charge in [-0.1, -0.05) is 12.1 Å². The normalized spacial score (nSPS) is 22.0. The summed E-state index contributed by atoms with van der Waals surface area (Å²) < 4.78 is 33.3. The van der Waals surface area contributed by atoms with Crippen molar-refractivity contribution in [2.24, 2.45) is 0 Å². The lowest BCUT2D eigenvalue weighted by atomic mass is 10.2. The predicted molar refractivity (Wildman–Crippen MR) is 82.5 cm³/mol. The number of hydrogen-bond acceptors (Lipinski definition) is 4. The Morgan fingerprint density at radius 1 is 1.18 bits per heavy atom. The summed E-state index contributed by atoms with van der Waals surface area (Å²) in [5.74, 6) is 1.16. The summed E-state index contributed by atoms with van der Waals surface area (Å²) >= 11 is 0. The van der Waals surface area contributed by atoms with Gasteiger partial charge in [-0.05, 0) is 43.2 Å². The van der Waals surface area contributed by atoms with Crippen LogP contribution in [0, 0.1) is 6.07 Å². The van der Waals surface area contributed by atoms with E-state index in [1.54, 1.807) is 30.3 Å². The van der Waals surface area contributed by atoms with E-state index in [1.165, 1.54) is 0 Å². The van der Waals surface area contributed by atoms with Gasteiger partial charge in [0.05, 0.1) is 11.9 Å². The molecule has 0 amide bonds. The lowest BCUT2D eigenvalue weighted by Crippen LogP contribution is -2.48. The molecule has 0 saturated carbocycles. The highest BCUT2D eigenvalue weighted by Gasteiger charge is 2.37. The van der Waals surface area contributed by atoms with Gasteiger partial charge in [0, 0.05) is 12.6 Å². The Morgan fingerprint density at radius 2 is 2.00 bits per heavy atom. The minimum Gasteiger partial charge on any atom is -0.457 e. The van der Waals surface area contributed by atoms with Crippen LogP contribution in [0.25, 0.3) is 0 Å². The highest BCUT2D eigenvalue weighted by molar-refractivity contribution is 7.89. The number of rotatable bonds is 2. The molecule has 2 aromatic carbocycles. The molecule has 0 spiro atoms. The molecular formula is C16H15N2O3S. The third-order valence-electron chi connectivity index (χ3n) is 4.00. The van der Waals surface area contributed by atoms with E-state index in [-0.39, 0.29) is 11.1 Å². The van der Waals surface area contributed by atoms with Crippen molar-refractivity contribution in [2.75, 3.05) is 11.4 Å². The maximum Gasteiger partial charge on any atom is 0.244 e. The molecule has 1 N–H and O–H groups in total. The highest BCUT2D eigenvalue weighted by atomic mass is 32.2. The van der Waals surface area contributed by atoms with E-state index in [9.17, 15) is 8.42 Å². The van der Waals surface area contributed by atoms with E-state index in [1.807, 2.05) is 12.1 Å². The van der Waals surface area contributed by atoms with Gasteiger partial charge in [-0.15, -0.1) is 0 Å². The van der Waals surface area contributed by atoms with Crippen molar-refractivity contribution in [1.82, 2.24) is 4.72 Å². The molecule has 2 aromatic rings. The van der Waals surface area contributed by atoms with Gasteiger partial charge in [0.15, 0.2) is 0 Å². The van der Waals surface area contributed by atoms with Crippen LogP contribution in [0.1, 0.15) is 12.8 Å². The molecule has 0 bridgehead atoms. The number of benzene rings is 2. The third-order valence-corrected chi connectivity index (χ3v) is 5.49. The topological polar surface area (TPSA) is 58.6 Å². The molecule has 1 unspecified atom stereocenters. The number of nitrogens with zero attached hydrogens (tertiary/aromatic N) is 1. The van der Waals surface area contributed by atoms with Crippen molar-refractivity contribution in [3.05, 3.63) is 48.5 Å². The number of hydrogen-bond donors (Lipinski definition) is 1. The molecule has 5 nitrogen and oxygen atoms in total. The lowest BCUT2D eigenvalue weighted by Gasteiger charge is -2.33. The second-order valence-electron chi connectivity index (χ2n) is 5.44. The monoisotopic (exact) mass is 315 g/mol. The van der Waals surface area contributed by atoms with Crippen molar-refractivity contribution in [3.63, 3.8) is 0 Å². The van der Waals surface area contributed by atoms with E-state index in [4.69, 9.17) is 4.74 Å². The molecule has 2 aliphatic rings. The molecule has 1 atom stereocenters. The average molecular weight is 315 g/mol. The fourth-order valence-corrected chi connectivity index (χ4v) is 4.47. The van der Waals surface area contributed by atoms with Crippen LogP contribution in [0.2, 0.25) is 0 Å². The maximum atomic E-state index is 12.4. The van der Waals surface area contributed by atoms with E-state index in [0.717, 1.165) is 25.1 Å².